The largest absolute Gasteiger partial charge is 1.00 e. The Bertz CT molecular complexity index is 1170. The molecule has 1 aliphatic carbocycles. The summed E-state index contributed by atoms with van der Waals surface area (Å²) in [6.07, 6.45) is 3.89. The molecule has 4 unspecified atom stereocenters. The number of guanidine groups is 1. The van der Waals surface area contributed by atoms with E-state index in [0.717, 1.165) is 24.0 Å². The monoisotopic (exact) mass is 525 g/mol. The van der Waals surface area contributed by atoms with Crippen LogP contribution < -0.4 is 45.8 Å². The summed E-state index contributed by atoms with van der Waals surface area (Å²) in [5.41, 5.74) is 13.2. The standard InChI is InChI=1S/C25H33N3O6S.Na/c1-16-5-6-18-13-20(34-15-28-25(26)27)11-12-22(18)23(16)14-21(35(31,32)33)3-2-4-24(30)17-7-9-19(29)10-8-17;/h2,4,7-13,16,21,23-24,29-30H,3,5-6,14-15H2,1H3,(H4,26,27,28)(H,31,32,33);/q;+1/p-1. The third kappa shape index (κ3) is 8.50. The van der Waals surface area contributed by atoms with Gasteiger partial charge in [0, 0.05) is 0 Å². The van der Waals surface area contributed by atoms with Crippen LogP contribution >= 0.6 is 0 Å². The third-order valence-electron chi connectivity index (χ3n) is 6.43. The van der Waals surface area contributed by atoms with Crippen LogP contribution in [0.15, 0.2) is 59.6 Å². The van der Waals surface area contributed by atoms with Crippen molar-refractivity contribution in [3.63, 3.8) is 0 Å². The predicted octanol–water partition coefficient (Wildman–Crippen LogP) is -0.344. The number of benzene rings is 2. The molecule has 190 valence electrons. The number of aryl methyl sites for hydroxylation is 1. The van der Waals surface area contributed by atoms with Gasteiger partial charge in [0.2, 0.25) is 0 Å². The number of rotatable bonds is 10. The Morgan fingerprint density at radius 1 is 1.25 bits per heavy atom. The summed E-state index contributed by atoms with van der Waals surface area (Å²) in [6.45, 7) is 2.06. The molecule has 2 aromatic carbocycles. The van der Waals surface area contributed by atoms with Gasteiger partial charge in [0.1, 0.15) is 11.5 Å². The maximum Gasteiger partial charge on any atom is 1.00 e. The second-order valence-corrected chi connectivity index (χ2v) is 10.5. The van der Waals surface area contributed by atoms with E-state index in [-0.39, 0.29) is 72.7 Å². The van der Waals surface area contributed by atoms with Crippen molar-refractivity contribution >= 4 is 16.1 Å². The molecule has 0 fully saturated rings. The number of hydrogen-bond donors (Lipinski definition) is 4. The van der Waals surface area contributed by atoms with E-state index in [1.165, 1.54) is 24.3 Å². The van der Waals surface area contributed by atoms with Crippen LogP contribution in [0.2, 0.25) is 0 Å². The van der Waals surface area contributed by atoms with Crippen molar-refractivity contribution < 1.29 is 57.5 Å². The number of nitrogens with zero attached hydrogens (tertiary/aromatic N) is 1. The summed E-state index contributed by atoms with van der Waals surface area (Å²) in [4.78, 5) is 3.80. The van der Waals surface area contributed by atoms with E-state index < -0.39 is 21.5 Å². The number of aliphatic hydroxyl groups is 1. The zero-order valence-corrected chi connectivity index (χ0v) is 23.4. The Balaban J connectivity index is 0.00000456. The number of phenolic OH excluding ortho intramolecular Hbond substituents is 1. The van der Waals surface area contributed by atoms with Crippen molar-refractivity contribution in [1.82, 2.24) is 0 Å². The van der Waals surface area contributed by atoms with Crippen LogP contribution in [0.1, 0.15) is 54.9 Å². The van der Waals surface area contributed by atoms with E-state index in [1.807, 2.05) is 12.1 Å². The van der Waals surface area contributed by atoms with E-state index in [9.17, 15) is 23.2 Å². The fourth-order valence-electron chi connectivity index (χ4n) is 4.44. The topological polar surface area (TPSA) is 171 Å². The zero-order valence-electron chi connectivity index (χ0n) is 20.6. The minimum absolute atomic E-state index is 0. The molecule has 0 aliphatic heterocycles. The van der Waals surface area contributed by atoms with Crippen LogP contribution in [0.4, 0.5) is 0 Å². The van der Waals surface area contributed by atoms with Gasteiger partial charge < -0.3 is 31.0 Å². The molecule has 11 heteroatoms. The number of ether oxygens (including phenoxy) is 1. The molecule has 6 N–H and O–H groups in total. The van der Waals surface area contributed by atoms with Crippen molar-refractivity contribution in [3.05, 3.63) is 71.3 Å². The fourth-order valence-corrected chi connectivity index (χ4v) is 5.23. The molecule has 0 spiro atoms. The van der Waals surface area contributed by atoms with Crippen molar-refractivity contribution in [1.29, 1.82) is 0 Å². The van der Waals surface area contributed by atoms with E-state index >= 15 is 0 Å². The molecule has 9 nitrogen and oxygen atoms in total. The maximum absolute atomic E-state index is 12.1. The van der Waals surface area contributed by atoms with Gasteiger partial charge in [-0.2, -0.15) is 0 Å². The molecule has 3 rings (SSSR count). The minimum Gasteiger partial charge on any atom is -0.748 e. The van der Waals surface area contributed by atoms with E-state index in [1.54, 1.807) is 18.2 Å². The molecule has 0 saturated heterocycles. The van der Waals surface area contributed by atoms with Crippen LogP contribution in [0, 0.1) is 5.92 Å². The van der Waals surface area contributed by atoms with Crippen molar-refractivity contribution in [2.75, 3.05) is 6.73 Å². The number of phenols is 1. The van der Waals surface area contributed by atoms with Crippen LogP contribution in [0.3, 0.4) is 0 Å². The quantitative estimate of drug-likeness (QED) is 0.107. The Morgan fingerprint density at radius 2 is 1.94 bits per heavy atom. The Morgan fingerprint density at radius 3 is 2.58 bits per heavy atom. The number of hydrogen-bond acceptors (Lipinski definition) is 7. The van der Waals surface area contributed by atoms with Crippen molar-refractivity contribution in [2.24, 2.45) is 22.4 Å². The number of fused-ring (bicyclic) bond motifs is 1. The van der Waals surface area contributed by atoms with Gasteiger partial charge in [0.15, 0.2) is 12.7 Å². The summed E-state index contributed by atoms with van der Waals surface area (Å²) in [7, 11) is -4.57. The number of aromatic hydroxyl groups is 1. The van der Waals surface area contributed by atoms with Crippen molar-refractivity contribution in [2.45, 2.75) is 49.9 Å². The first kappa shape index (κ1) is 30.1. The molecular formula is C25H32N3NaO6S. The van der Waals surface area contributed by atoms with Gasteiger partial charge >= 0.3 is 29.6 Å². The van der Waals surface area contributed by atoms with Gasteiger partial charge in [-0.3, -0.25) is 0 Å². The third-order valence-corrected chi connectivity index (χ3v) is 7.63. The molecule has 0 saturated carbocycles. The average molecular weight is 526 g/mol. The second kappa shape index (κ2) is 13.5. The van der Waals surface area contributed by atoms with Gasteiger partial charge in [-0.1, -0.05) is 37.3 Å². The Hall–Kier alpha value is -2.08. The van der Waals surface area contributed by atoms with Gasteiger partial charge in [0.25, 0.3) is 0 Å². The normalized spacial score (nSPS) is 19.1. The van der Waals surface area contributed by atoms with Gasteiger partial charge in [0.05, 0.1) is 21.5 Å². The number of nitrogens with two attached hydrogens (primary N) is 2. The fraction of sp³-hybridized carbons (Fsp3) is 0.400. The molecular weight excluding hydrogens is 493 g/mol. The summed E-state index contributed by atoms with van der Waals surface area (Å²) in [5.74, 6) is 0.727. The first-order valence-corrected chi connectivity index (χ1v) is 12.9. The predicted molar refractivity (Wildman–Crippen MR) is 133 cm³/mol. The van der Waals surface area contributed by atoms with Crippen LogP contribution in [0.25, 0.3) is 0 Å². The number of allylic oxidation sites excluding steroid dienone is 1. The van der Waals surface area contributed by atoms with Crippen LogP contribution in [0.5, 0.6) is 11.5 Å². The molecule has 0 bridgehead atoms. The van der Waals surface area contributed by atoms with Crippen LogP contribution in [-0.4, -0.2) is 41.1 Å². The Labute approximate surface area is 234 Å². The summed E-state index contributed by atoms with van der Waals surface area (Å²) in [6, 6.07) is 11.7. The zero-order chi connectivity index (χ0) is 25.6. The maximum atomic E-state index is 12.1. The molecule has 36 heavy (non-hydrogen) atoms. The minimum atomic E-state index is -4.57. The van der Waals surface area contributed by atoms with E-state index in [0.29, 0.717) is 11.3 Å². The molecule has 0 radical (unpaired) electrons. The summed E-state index contributed by atoms with van der Waals surface area (Å²) < 4.78 is 41.9. The molecule has 0 aromatic heterocycles. The van der Waals surface area contributed by atoms with E-state index in [2.05, 4.69) is 11.9 Å². The van der Waals surface area contributed by atoms with Gasteiger partial charge in [-0.05, 0) is 78.5 Å². The molecule has 0 amide bonds. The first-order valence-electron chi connectivity index (χ1n) is 11.4. The molecule has 4 atom stereocenters. The van der Waals surface area contributed by atoms with Crippen LogP contribution in [-0.2, 0) is 16.5 Å². The van der Waals surface area contributed by atoms with Crippen molar-refractivity contribution in [3.8, 4) is 11.5 Å². The first-order chi connectivity index (χ1) is 16.5. The number of aliphatic hydroxyl groups excluding tert-OH is 1. The SMILES string of the molecule is CC1CCc2cc(OCN=C(N)N)ccc2C1CC(CC=CC(O)c1ccc(O)cc1)S(=O)(=O)[O-].[Na+]. The Kier molecular flexibility index (Phi) is 11.3. The molecule has 2 aromatic rings. The molecule has 1 aliphatic rings. The summed E-state index contributed by atoms with van der Waals surface area (Å²) in [5, 5.41) is 18.6. The van der Waals surface area contributed by atoms with Gasteiger partial charge in [-0.15, -0.1) is 0 Å². The van der Waals surface area contributed by atoms with E-state index in [4.69, 9.17) is 16.2 Å². The van der Waals surface area contributed by atoms with Gasteiger partial charge in [-0.25, -0.2) is 13.4 Å². The average Bonchev–Trinajstić information content (AvgIpc) is 2.79. The summed E-state index contributed by atoms with van der Waals surface area (Å²) >= 11 is 0. The second-order valence-electron chi connectivity index (χ2n) is 8.89. The smallest absolute Gasteiger partial charge is 0.748 e. The number of aliphatic imine (C=N–C) groups is 1. The molecule has 0 heterocycles.